The van der Waals surface area contributed by atoms with E-state index in [4.69, 9.17) is 0 Å². The maximum atomic E-state index is 11.9. The molecule has 0 aromatic heterocycles. The smallest absolute Gasteiger partial charge is 0.315 e. The largest absolute Gasteiger partial charge is 0.321 e. The molecule has 1 amide bonds. The highest BCUT2D eigenvalue weighted by molar-refractivity contribution is 5.93. The first-order valence-corrected chi connectivity index (χ1v) is 4.26. The van der Waals surface area contributed by atoms with Crippen molar-refractivity contribution in [3.63, 3.8) is 0 Å². The normalized spacial score (nSPS) is 10.2. The van der Waals surface area contributed by atoms with Crippen molar-refractivity contribution in [1.29, 1.82) is 0 Å². The number of halogens is 2. The summed E-state index contributed by atoms with van der Waals surface area (Å²) in [6.45, 7) is 1.48. The van der Waals surface area contributed by atoms with Gasteiger partial charge >= 0.3 is 6.43 Å². The Morgan fingerprint density at radius 3 is 2.56 bits per heavy atom. The Morgan fingerprint density at radius 2 is 2.12 bits per heavy atom. The van der Waals surface area contributed by atoms with Crippen LogP contribution in [0.4, 0.5) is 20.2 Å². The molecule has 16 heavy (non-hydrogen) atoms. The number of non-ortho nitro benzene ring substituents is 1. The summed E-state index contributed by atoms with van der Waals surface area (Å²) in [5.74, 6) is -1.43. The molecule has 0 unspecified atom stereocenters. The summed E-state index contributed by atoms with van der Waals surface area (Å²) < 4.78 is 23.9. The Morgan fingerprint density at radius 1 is 1.50 bits per heavy atom. The third-order valence-corrected chi connectivity index (χ3v) is 1.88. The number of carbonyl (C=O) groups excluding carboxylic acids is 1. The molecule has 0 spiro atoms. The van der Waals surface area contributed by atoms with Crippen LogP contribution in [0.3, 0.4) is 0 Å². The number of nitrogens with one attached hydrogen (secondary N) is 1. The van der Waals surface area contributed by atoms with Gasteiger partial charge in [-0.1, -0.05) is 0 Å². The molecule has 0 radical (unpaired) electrons. The van der Waals surface area contributed by atoms with Gasteiger partial charge in [-0.15, -0.1) is 0 Å². The zero-order valence-corrected chi connectivity index (χ0v) is 8.24. The van der Waals surface area contributed by atoms with Gasteiger partial charge in [-0.25, -0.2) is 0 Å². The molecule has 1 rings (SSSR count). The summed E-state index contributed by atoms with van der Waals surface area (Å²) in [4.78, 5) is 20.5. The lowest BCUT2D eigenvalue weighted by Crippen LogP contribution is -2.20. The molecule has 0 atom stereocenters. The van der Waals surface area contributed by atoms with Crippen molar-refractivity contribution in [1.82, 2.24) is 0 Å². The lowest BCUT2D eigenvalue weighted by Gasteiger charge is -2.07. The summed E-state index contributed by atoms with van der Waals surface area (Å²) in [7, 11) is 0. The minimum atomic E-state index is -3.12. The molecule has 0 saturated carbocycles. The third kappa shape index (κ3) is 2.72. The molecule has 0 heterocycles. The molecular weight excluding hydrogens is 222 g/mol. The number of anilines is 1. The maximum Gasteiger partial charge on any atom is 0.315 e. The van der Waals surface area contributed by atoms with Crippen molar-refractivity contribution < 1.29 is 18.5 Å². The molecule has 7 heteroatoms. The second-order valence-electron chi connectivity index (χ2n) is 3.05. The second-order valence-corrected chi connectivity index (χ2v) is 3.05. The fourth-order valence-electron chi connectivity index (χ4n) is 1.09. The van der Waals surface area contributed by atoms with Crippen LogP contribution in [0, 0.1) is 17.0 Å². The molecule has 5 nitrogen and oxygen atoms in total. The third-order valence-electron chi connectivity index (χ3n) is 1.88. The average molecular weight is 230 g/mol. The maximum absolute atomic E-state index is 11.9. The highest BCUT2D eigenvalue weighted by atomic mass is 19.3. The quantitative estimate of drug-likeness (QED) is 0.638. The molecule has 0 aliphatic carbocycles. The van der Waals surface area contributed by atoms with Crippen LogP contribution in [0.5, 0.6) is 0 Å². The lowest BCUT2D eigenvalue weighted by molar-refractivity contribution is -0.384. The van der Waals surface area contributed by atoms with Gasteiger partial charge in [-0.05, 0) is 18.6 Å². The number of hydrogen-bond acceptors (Lipinski definition) is 3. The number of carbonyl (C=O) groups is 1. The van der Waals surface area contributed by atoms with Gasteiger partial charge in [0.15, 0.2) is 0 Å². The van der Waals surface area contributed by atoms with E-state index in [0.717, 1.165) is 6.07 Å². The molecule has 1 aromatic carbocycles. The van der Waals surface area contributed by atoms with E-state index in [1.807, 2.05) is 5.32 Å². The predicted molar refractivity (Wildman–Crippen MR) is 52.5 cm³/mol. The van der Waals surface area contributed by atoms with Crippen molar-refractivity contribution in [3.05, 3.63) is 33.9 Å². The van der Waals surface area contributed by atoms with Crippen LogP contribution in [0.25, 0.3) is 0 Å². The Balaban J connectivity index is 2.91. The van der Waals surface area contributed by atoms with Gasteiger partial charge in [0.1, 0.15) is 0 Å². The zero-order valence-electron chi connectivity index (χ0n) is 8.24. The number of benzene rings is 1. The van der Waals surface area contributed by atoms with Crippen LogP contribution < -0.4 is 5.32 Å². The summed E-state index contributed by atoms with van der Waals surface area (Å²) in [5, 5.41) is 12.4. The molecule has 1 aromatic rings. The monoisotopic (exact) mass is 230 g/mol. The van der Waals surface area contributed by atoms with Crippen LogP contribution in [0.15, 0.2) is 18.2 Å². The van der Waals surface area contributed by atoms with Crippen molar-refractivity contribution in [2.75, 3.05) is 5.32 Å². The number of nitrogens with zero attached hydrogens (tertiary/aromatic N) is 1. The van der Waals surface area contributed by atoms with Crippen LogP contribution in [0.1, 0.15) is 5.56 Å². The Hall–Kier alpha value is -2.05. The van der Waals surface area contributed by atoms with Gasteiger partial charge in [0, 0.05) is 17.8 Å². The van der Waals surface area contributed by atoms with Crippen molar-refractivity contribution >= 4 is 17.3 Å². The first-order chi connectivity index (χ1) is 7.41. The minimum absolute atomic E-state index is 0.135. The van der Waals surface area contributed by atoms with E-state index in [1.165, 1.54) is 19.1 Å². The minimum Gasteiger partial charge on any atom is -0.321 e. The molecule has 0 bridgehead atoms. The number of aryl methyl sites for hydroxylation is 1. The highest BCUT2D eigenvalue weighted by Gasteiger charge is 2.16. The number of nitro groups is 1. The molecule has 0 fully saturated rings. The molecule has 86 valence electrons. The van der Waals surface area contributed by atoms with E-state index in [0.29, 0.717) is 5.56 Å². The number of rotatable bonds is 3. The van der Waals surface area contributed by atoms with Gasteiger partial charge in [0.05, 0.1) is 4.92 Å². The van der Waals surface area contributed by atoms with Crippen molar-refractivity contribution in [3.8, 4) is 0 Å². The number of alkyl halides is 2. The first kappa shape index (κ1) is 12.0. The Labute approximate surface area is 89.2 Å². The SMILES string of the molecule is Cc1cc([N+](=O)[O-])ccc1NC(=O)C(F)F. The number of hydrogen-bond donors (Lipinski definition) is 1. The highest BCUT2D eigenvalue weighted by Crippen LogP contribution is 2.21. The van der Waals surface area contributed by atoms with Crippen LogP contribution in [0.2, 0.25) is 0 Å². The standard InChI is InChI=1S/C9H8F2N2O3/c1-5-4-6(13(15)16)2-3-7(5)12-9(14)8(10)11/h2-4,8H,1H3,(H,12,14). The fraction of sp³-hybridized carbons (Fsp3) is 0.222. The average Bonchev–Trinajstić information content (AvgIpc) is 2.20. The molecule has 1 N–H and O–H groups in total. The van der Waals surface area contributed by atoms with Gasteiger partial charge in [-0.3, -0.25) is 14.9 Å². The molecule has 0 aliphatic rings. The molecular formula is C9H8F2N2O3. The summed E-state index contributed by atoms with van der Waals surface area (Å²) >= 11 is 0. The Bertz CT molecular complexity index is 435. The van der Waals surface area contributed by atoms with E-state index in [1.54, 1.807) is 0 Å². The topological polar surface area (TPSA) is 72.2 Å². The van der Waals surface area contributed by atoms with Crippen molar-refractivity contribution in [2.45, 2.75) is 13.3 Å². The van der Waals surface area contributed by atoms with Crippen LogP contribution in [-0.4, -0.2) is 17.3 Å². The first-order valence-electron chi connectivity index (χ1n) is 4.26. The van der Waals surface area contributed by atoms with E-state index in [2.05, 4.69) is 0 Å². The van der Waals surface area contributed by atoms with E-state index in [-0.39, 0.29) is 11.4 Å². The van der Waals surface area contributed by atoms with Gasteiger partial charge < -0.3 is 5.32 Å². The van der Waals surface area contributed by atoms with E-state index >= 15 is 0 Å². The zero-order chi connectivity index (χ0) is 12.3. The Kier molecular flexibility index (Phi) is 3.49. The fourth-order valence-corrected chi connectivity index (χ4v) is 1.09. The number of amides is 1. The van der Waals surface area contributed by atoms with Gasteiger partial charge in [0.2, 0.25) is 0 Å². The summed E-state index contributed by atoms with van der Waals surface area (Å²) in [5.41, 5.74) is 0.326. The van der Waals surface area contributed by atoms with Crippen LogP contribution in [-0.2, 0) is 4.79 Å². The molecule has 0 aliphatic heterocycles. The molecule has 0 saturated heterocycles. The van der Waals surface area contributed by atoms with Gasteiger partial charge in [-0.2, -0.15) is 8.78 Å². The second kappa shape index (κ2) is 4.65. The number of nitro benzene ring substituents is 1. The predicted octanol–water partition coefficient (Wildman–Crippen LogP) is 2.11. The lowest BCUT2D eigenvalue weighted by atomic mass is 10.2. The van der Waals surface area contributed by atoms with Crippen LogP contribution >= 0.6 is 0 Å². The summed E-state index contributed by atoms with van der Waals surface area (Å²) in [6, 6.07) is 3.54. The van der Waals surface area contributed by atoms with Gasteiger partial charge in [0.25, 0.3) is 11.6 Å². The van der Waals surface area contributed by atoms with E-state index < -0.39 is 17.3 Å². The summed E-state index contributed by atoms with van der Waals surface area (Å²) in [6.07, 6.45) is -3.12. The van der Waals surface area contributed by atoms with Crippen molar-refractivity contribution in [2.24, 2.45) is 0 Å². The van der Waals surface area contributed by atoms with E-state index in [9.17, 15) is 23.7 Å².